The Morgan fingerprint density at radius 1 is 1.11 bits per heavy atom. The number of ether oxygens (including phenoxy) is 1. The molecule has 0 saturated heterocycles. The van der Waals surface area contributed by atoms with Crippen LogP contribution in [0, 0.1) is 17.0 Å². The van der Waals surface area contributed by atoms with Crippen molar-refractivity contribution in [1.82, 2.24) is 25.1 Å². The second-order valence-corrected chi connectivity index (χ2v) is 10.3. The largest absolute Gasteiger partial charge is 0.468 e. The highest BCUT2D eigenvalue weighted by Gasteiger charge is 2.65. The Morgan fingerprint density at radius 3 is 2.66 bits per heavy atom. The first-order valence-electron chi connectivity index (χ1n) is 12.2. The fraction of sp³-hybridized carbons (Fsp3) is 0.286. The smallest absolute Gasteiger partial charge is 0.255 e. The van der Waals surface area contributed by atoms with Crippen LogP contribution in [0.1, 0.15) is 49.6 Å². The molecule has 2 aliphatic rings. The summed E-state index contributed by atoms with van der Waals surface area (Å²) in [7, 11) is 0. The lowest BCUT2D eigenvalue weighted by Crippen LogP contribution is -2.38. The summed E-state index contributed by atoms with van der Waals surface area (Å²) in [6, 6.07) is 9.00. The maximum Gasteiger partial charge on any atom is 0.255 e. The summed E-state index contributed by atoms with van der Waals surface area (Å²) in [4.78, 5) is 24.7. The lowest BCUT2D eigenvalue weighted by atomic mass is 9.66. The first-order chi connectivity index (χ1) is 18.2. The van der Waals surface area contributed by atoms with E-state index in [2.05, 4.69) is 34.0 Å². The van der Waals surface area contributed by atoms with Gasteiger partial charge in [-0.15, -0.1) is 5.10 Å². The normalized spacial score (nSPS) is 20.8. The quantitative estimate of drug-likeness (QED) is 0.407. The fourth-order valence-electron chi connectivity index (χ4n) is 6.26. The van der Waals surface area contributed by atoms with Crippen LogP contribution in [0.3, 0.4) is 0 Å². The van der Waals surface area contributed by atoms with Crippen molar-refractivity contribution in [2.75, 3.05) is 6.61 Å². The van der Waals surface area contributed by atoms with Gasteiger partial charge in [0.15, 0.2) is 6.61 Å². The first kappa shape index (κ1) is 24.0. The van der Waals surface area contributed by atoms with Gasteiger partial charge in [-0.3, -0.25) is 9.78 Å². The molecule has 2 bridgehead atoms. The molecule has 0 radical (unpaired) electrons. The van der Waals surface area contributed by atoms with Crippen molar-refractivity contribution < 1.29 is 18.3 Å². The Labute approximate surface area is 217 Å². The molecule has 38 heavy (non-hydrogen) atoms. The molecule has 8 nitrogen and oxygen atoms in total. The molecule has 4 aromatic rings. The van der Waals surface area contributed by atoms with Gasteiger partial charge in [0.05, 0.1) is 40.0 Å². The molecule has 6 rings (SSSR count). The van der Waals surface area contributed by atoms with Crippen molar-refractivity contribution in [2.24, 2.45) is 11.1 Å². The van der Waals surface area contributed by atoms with E-state index in [-0.39, 0.29) is 35.1 Å². The van der Waals surface area contributed by atoms with Gasteiger partial charge in [0.25, 0.3) is 5.91 Å². The molecular formula is C28H24F2N6O2. The number of hydrogen-bond donors (Lipinski definition) is 1. The van der Waals surface area contributed by atoms with E-state index in [4.69, 9.17) is 15.5 Å². The number of aromatic nitrogens is 5. The second kappa shape index (κ2) is 8.61. The van der Waals surface area contributed by atoms with Crippen molar-refractivity contribution in [2.45, 2.75) is 38.0 Å². The highest BCUT2D eigenvalue weighted by atomic mass is 19.1. The zero-order valence-electron chi connectivity index (χ0n) is 20.8. The summed E-state index contributed by atoms with van der Waals surface area (Å²) in [5.74, 6) is -1.59. The number of rotatable bonds is 6. The van der Waals surface area contributed by atoms with Crippen LogP contribution >= 0.6 is 0 Å². The highest BCUT2D eigenvalue weighted by molar-refractivity contribution is 5.75. The van der Waals surface area contributed by atoms with Gasteiger partial charge in [0, 0.05) is 24.0 Å². The third-order valence-electron chi connectivity index (χ3n) is 8.07. The van der Waals surface area contributed by atoms with Gasteiger partial charge in [-0.2, -0.15) is 5.10 Å². The van der Waals surface area contributed by atoms with Gasteiger partial charge in [-0.25, -0.2) is 18.7 Å². The van der Waals surface area contributed by atoms with Crippen LogP contribution in [-0.2, 0) is 10.2 Å². The minimum Gasteiger partial charge on any atom is -0.468 e. The Bertz CT molecular complexity index is 1570. The lowest BCUT2D eigenvalue weighted by Gasteiger charge is -2.37. The van der Waals surface area contributed by atoms with Crippen molar-refractivity contribution in [3.63, 3.8) is 0 Å². The van der Waals surface area contributed by atoms with E-state index in [1.165, 1.54) is 18.2 Å². The minimum absolute atomic E-state index is 0.113. The van der Waals surface area contributed by atoms with E-state index in [0.717, 1.165) is 29.8 Å². The van der Waals surface area contributed by atoms with Crippen molar-refractivity contribution in [3.05, 3.63) is 83.6 Å². The Morgan fingerprint density at radius 2 is 1.89 bits per heavy atom. The number of fused-ring (bicyclic) bond motifs is 5. The van der Waals surface area contributed by atoms with E-state index in [1.54, 1.807) is 36.8 Å². The Hall–Kier alpha value is -4.34. The third kappa shape index (κ3) is 3.47. The SMILES string of the molecule is CC1(C)[C@H]2CC[C@]1(c1cncc(-c3ccnc(OCC(N)=O)c3)n1)c1nnc(-c3c(F)cccc3F)cc12. The Balaban J connectivity index is 1.44. The molecule has 0 unspecified atom stereocenters. The van der Waals surface area contributed by atoms with E-state index < -0.39 is 23.0 Å². The molecule has 2 N–H and O–H groups in total. The molecule has 1 fully saturated rings. The minimum atomic E-state index is -0.675. The van der Waals surface area contributed by atoms with Crippen LogP contribution in [0.4, 0.5) is 8.78 Å². The average molecular weight is 515 g/mol. The predicted octanol–water partition coefficient (Wildman–Crippen LogP) is 4.34. The molecule has 0 aliphatic heterocycles. The third-order valence-corrected chi connectivity index (χ3v) is 8.07. The number of nitrogens with zero attached hydrogens (tertiary/aromatic N) is 5. The van der Waals surface area contributed by atoms with Gasteiger partial charge < -0.3 is 10.5 Å². The second-order valence-electron chi connectivity index (χ2n) is 10.3. The van der Waals surface area contributed by atoms with Gasteiger partial charge in [0.2, 0.25) is 5.88 Å². The van der Waals surface area contributed by atoms with Gasteiger partial charge in [-0.05, 0) is 54.0 Å². The summed E-state index contributed by atoms with van der Waals surface area (Å²) in [6.07, 6.45) is 6.63. The first-order valence-corrected chi connectivity index (χ1v) is 12.2. The van der Waals surface area contributed by atoms with Gasteiger partial charge in [0.1, 0.15) is 11.6 Å². The molecule has 1 amide bonds. The number of amides is 1. The number of pyridine rings is 1. The van der Waals surface area contributed by atoms with Crippen LogP contribution < -0.4 is 10.5 Å². The van der Waals surface area contributed by atoms with E-state index >= 15 is 0 Å². The lowest BCUT2D eigenvalue weighted by molar-refractivity contribution is -0.120. The van der Waals surface area contributed by atoms with Crippen LogP contribution in [0.5, 0.6) is 5.88 Å². The van der Waals surface area contributed by atoms with Gasteiger partial charge >= 0.3 is 0 Å². The Kier molecular flexibility index (Phi) is 5.44. The molecule has 2 aliphatic carbocycles. The molecule has 3 heterocycles. The standard InChI is InChI=1S/C28H24F2N6O2/c1-27(2)17-6-8-28(27,26-16(17)11-20(35-36-26)25-18(29)4-3-5-19(25)30)22-13-32-12-21(34-22)15-7-9-33-24(10-15)38-14-23(31)37/h3-5,7,9-13,17H,6,8,14H2,1-2H3,(H2,31,37)/t17-,28-/m0/s1. The van der Waals surface area contributed by atoms with Crippen molar-refractivity contribution in [1.29, 1.82) is 0 Å². The van der Waals surface area contributed by atoms with Gasteiger partial charge in [-0.1, -0.05) is 19.9 Å². The van der Waals surface area contributed by atoms with E-state index in [0.29, 0.717) is 11.3 Å². The topological polar surface area (TPSA) is 117 Å². The number of carbonyl (C=O) groups excluding carboxylic acids is 1. The molecule has 1 aromatic carbocycles. The molecule has 192 valence electrons. The van der Waals surface area contributed by atoms with E-state index in [9.17, 15) is 13.6 Å². The number of nitrogens with two attached hydrogens (primary N) is 1. The summed E-state index contributed by atoms with van der Waals surface area (Å²) >= 11 is 0. The molecule has 10 heteroatoms. The van der Waals surface area contributed by atoms with Crippen LogP contribution in [0.2, 0.25) is 0 Å². The van der Waals surface area contributed by atoms with E-state index in [1.807, 2.05) is 0 Å². The summed E-state index contributed by atoms with van der Waals surface area (Å²) < 4.78 is 34.4. The number of benzene rings is 1. The predicted molar refractivity (Wildman–Crippen MR) is 134 cm³/mol. The summed E-state index contributed by atoms with van der Waals surface area (Å²) in [6.45, 7) is 4.06. The molecule has 1 saturated carbocycles. The van der Waals surface area contributed by atoms with Crippen molar-refractivity contribution in [3.8, 4) is 28.4 Å². The maximum absolute atomic E-state index is 14.5. The van der Waals surface area contributed by atoms with Crippen LogP contribution in [0.15, 0.2) is 55.0 Å². The summed E-state index contributed by atoms with van der Waals surface area (Å²) in [5, 5.41) is 8.86. The summed E-state index contributed by atoms with van der Waals surface area (Å²) in [5.41, 5.74) is 8.08. The van der Waals surface area contributed by atoms with Crippen LogP contribution in [0.25, 0.3) is 22.5 Å². The van der Waals surface area contributed by atoms with Crippen molar-refractivity contribution >= 4 is 5.91 Å². The zero-order chi connectivity index (χ0) is 26.7. The highest BCUT2D eigenvalue weighted by Crippen LogP contribution is 2.69. The monoisotopic (exact) mass is 514 g/mol. The number of carbonyl (C=O) groups is 1. The molecule has 2 atom stereocenters. The fourth-order valence-corrected chi connectivity index (χ4v) is 6.26. The molecule has 3 aromatic heterocycles. The average Bonchev–Trinajstić information content (AvgIpc) is 3.28. The molecular weight excluding hydrogens is 490 g/mol. The maximum atomic E-state index is 14.5. The number of hydrogen-bond acceptors (Lipinski definition) is 7. The number of halogens is 2. The number of primary amides is 1. The zero-order valence-corrected chi connectivity index (χ0v) is 20.8. The van der Waals surface area contributed by atoms with Crippen LogP contribution in [-0.4, -0.2) is 37.7 Å². The molecule has 0 spiro atoms.